The Balaban J connectivity index is 4.72. The molecule has 2 amide bonds. The van der Waals surface area contributed by atoms with Crippen LogP contribution >= 0.6 is 11.8 Å². The number of carbonyl (C=O) groups excluding carboxylic acids is 3. The second-order valence-corrected chi connectivity index (χ2v) is 4.89. The summed E-state index contributed by atoms with van der Waals surface area (Å²) in [5.41, 5.74) is 0. The van der Waals surface area contributed by atoms with Gasteiger partial charge in [0.1, 0.15) is 6.04 Å². The van der Waals surface area contributed by atoms with Gasteiger partial charge in [0.2, 0.25) is 11.8 Å². The van der Waals surface area contributed by atoms with Crippen molar-refractivity contribution in [3.8, 4) is 0 Å². The quantitative estimate of drug-likeness (QED) is 0.550. The molecule has 0 fully saturated rings. The summed E-state index contributed by atoms with van der Waals surface area (Å²) in [5, 5.41) is 13.4. The molecule has 0 rings (SSSR count). The van der Waals surface area contributed by atoms with Crippen molar-refractivity contribution < 1.29 is 24.3 Å². The van der Waals surface area contributed by atoms with Crippen LogP contribution in [-0.2, 0) is 19.2 Å². The summed E-state index contributed by atoms with van der Waals surface area (Å²) in [6.07, 6.45) is 1.25. The Kier molecular flexibility index (Phi) is 7.81. The Hall–Kier alpha value is -1.57. The molecule has 0 aliphatic heterocycles. The number of rotatable bonds is 8. The molecule has 2 atom stereocenters. The highest BCUT2D eigenvalue weighted by Crippen LogP contribution is 2.01. The largest absolute Gasteiger partial charge is 0.481 e. The zero-order valence-electron chi connectivity index (χ0n) is 11.1. The lowest BCUT2D eigenvalue weighted by molar-refractivity contribution is -0.140. The number of amides is 2. The number of ketones is 1. The molecule has 19 heavy (non-hydrogen) atoms. The Bertz CT molecular complexity index is 356. The van der Waals surface area contributed by atoms with Crippen molar-refractivity contribution >= 4 is 35.3 Å². The molecular formula is C11H18N2O5S. The fourth-order valence-corrected chi connectivity index (χ4v) is 1.98. The van der Waals surface area contributed by atoms with Crippen LogP contribution in [0.25, 0.3) is 0 Å². The van der Waals surface area contributed by atoms with Crippen LogP contribution in [0, 0.1) is 0 Å². The van der Waals surface area contributed by atoms with E-state index in [0.717, 1.165) is 0 Å². The second kappa shape index (κ2) is 8.52. The molecule has 0 aliphatic carbocycles. The molecule has 108 valence electrons. The minimum atomic E-state index is -1.21. The maximum atomic E-state index is 11.9. The van der Waals surface area contributed by atoms with Crippen LogP contribution in [0.3, 0.4) is 0 Å². The molecule has 8 heteroatoms. The van der Waals surface area contributed by atoms with E-state index in [-0.39, 0.29) is 5.78 Å². The maximum Gasteiger partial charge on any atom is 0.305 e. The normalized spacial score (nSPS) is 13.2. The predicted molar refractivity (Wildman–Crippen MR) is 70.9 cm³/mol. The van der Waals surface area contributed by atoms with Crippen molar-refractivity contribution in [3.63, 3.8) is 0 Å². The van der Waals surface area contributed by atoms with Crippen LogP contribution in [0.5, 0.6) is 0 Å². The molecule has 3 N–H and O–H groups in total. The van der Waals surface area contributed by atoms with E-state index in [9.17, 15) is 19.2 Å². The van der Waals surface area contributed by atoms with Gasteiger partial charge >= 0.3 is 5.97 Å². The minimum absolute atomic E-state index is 0.223. The van der Waals surface area contributed by atoms with Gasteiger partial charge in [-0.1, -0.05) is 0 Å². The van der Waals surface area contributed by atoms with Gasteiger partial charge in [0, 0.05) is 12.7 Å². The summed E-state index contributed by atoms with van der Waals surface area (Å²) in [5.74, 6) is -2.23. The number of Topliss-reactive ketones (excluding diaryl/α,β-unsaturated/α-hetero) is 1. The van der Waals surface area contributed by atoms with E-state index in [1.165, 1.54) is 25.6 Å². The molecule has 0 heterocycles. The lowest BCUT2D eigenvalue weighted by atomic mass is 10.1. The third-order valence-corrected chi connectivity index (χ3v) is 2.88. The Morgan fingerprint density at radius 1 is 1.11 bits per heavy atom. The van der Waals surface area contributed by atoms with Crippen molar-refractivity contribution in [2.45, 2.75) is 32.4 Å². The highest BCUT2D eigenvalue weighted by molar-refractivity contribution is 7.98. The lowest BCUT2D eigenvalue weighted by Crippen LogP contribution is -2.52. The molecule has 0 unspecified atom stereocenters. The first-order valence-electron chi connectivity index (χ1n) is 5.56. The topological polar surface area (TPSA) is 113 Å². The highest BCUT2D eigenvalue weighted by Gasteiger charge is 2.26. The van der Waals surface area contributed by atoms with Gasteiger partial charge in [-0.15, -0.1) is 0 Å². The first-order valence-corrected chi connectivity index (χ1v) is 6.96. The molecule has 0 aromatic heterocycles. The van der Waals surface area contributed by atoms with Gasteiger partial charge in [0.05, 0.1) is 12.5 Å². The number of carboxylic acids is 1. The molecular weight excluding hydrogens is 272 g/mol. The van der Waals surface area contributed by atoms with E-state index in [2.05, 4.69) is 10.6 Å². The average Bonchev–Trinajstić information content (AvgIpc) is 2.25. The summed E-state index contributed by atoms with van der Waals surface area (Å²) >= 11 is 1.38. The van der Waals surface area contributed by atoms with Gasteiger partial charge in [-0.3, -0.25) is 19.2 Å². The number of nitrogens with one attached hydrogen (secondary N) is 2. The lowest BCUT2D eigenvalue weighted by Gasteiger charge is -2.20. The zero-order chi connectivity index (χ0) is 15.0. The smallest absolute Gasteiger partial charge is 0.305 e. The van der Waals surface area contributed by atoms with E-state index in [0.29, 0.717) is 5.75 Å². The molecule has 0 aliphatic rings. The van der Waals surface area contributed by atoms with Crippen molar-refractivity contribution in [1.29, 1.82) is 0 Å². The SMILES string of the molecule is CSC[C@H](NC(=O)[C@H](CC(=O)O)NC(C)=O)C(C)=O. The maximum absolute atomic E-state index is 11.9. The van der Waals surface area contributed by atoms with Crippen LogP contribution in [0.15, 0.2) is 0 Å². The van der Waals surface area contributed by atoms with Crippen LogP contribution in [0.1, 0.15) is 20.3 Å². The molecule has 0 radical (unpaired) electrons. The Morgan fingerprint density at radius 2 is 1.68 bits per heavy atom. The van der Waals surface area contributed by atoms with Gasteiger partial charge in [0.15, 0.2) is 5.78 Å². The number of carbonyl (C=O) groups is 4. The van der Waals surface area contributed by atoms with Crippen LogP contribution < -0.4 is 10.6 Å². The first kappa shape index (κ1) is 17.4. The molecule has 0 aromatic rings. The fraction of sp³-hybridized carbons (Fsp3) is 0.636. The van der Waals surface area contributed by atoms with Crippen molar-refractivity contribution in [2.75, 3.05) is 12.0 Å². The number of hydrogen-bond acceptors (Lipinski definition) is 5. The second-order valence-electron chi connectivity index (χ2n) is 3.98. The van der Waals surface area contributed by atoms with E-state index < -0.39 is 36.3 Å². The van der Waals surface area contributed by atoms with Crippen LogP contribution in [-0.4, -0.2) is 52.8 Å². The van der Waals surface area contributed by atoms with Crippen molar-refractivity contribution in [3.05, 3.63) is 0 Å². The van der Waals surface area contributed by atoms with Gasteiger partial charge < -0.3 is 15.7 Å². The van der Waals surface area contributed by atoms with E-state index >= 15 is 0 Å². The monoisotopic (exact) mass is 290 g/mol. The zero-order valence-corrected chi connectivity index (χ0v) is 11.9. The summed E-state index contributed by atoms with van der Waals surface area (Å²) < 4.78 is 0. The Morgan fingerprint density at radius 3 is 2.05 bits per heavy atom. The molecule has 0 spiro atoms. The standard InChI is InChI=1S/C11H18N2O5S/c1-6(14)9(5-19-3)13-11(18)8(4-10(16)17)12-7(2)15/h8-9H,4-5H2,1-3H3,(H,12,15)(H,13,18)(H,16,17)/t8-,9-/m0/s1. The summed E-state index contributed by atoms with van der Waals surface area (Å²) in [6.45, 7) is 2.53. The van der Waals surface area contributed by atoms with Gasteiger partial charge in [-0.05, 0) is 13.2 Å². The van der Waals surface area contributed by atoms with Gasteiger partial charge in [-0.25, -0.2) is 0 Å². The summed E-state index contributed by atoms with van der Waals surface area (Å²) in [6, 6.07) is -1.87. The average molecular weight is 290 g/mol. The van der Waals surface area contributed by atoms with Crippen LogP contribution in [0.2, 0.25) is 0 Å². The molecule has 0 saturated heterocycles. The number of aliphatic carboxylic acids is 1. The molecule has 7 nitrogen and oxygen atoms in total. The van der Waals surface area contributed by atoms with E-state index in [1.807, 2.05) is 0 Å². The molecule has 0 bridgehead atoms. The molecule has 0 aromatic carbocycles. The summed E-state index contributed by atoms with van der Waals surface area (Å²) in [7, 11) is 0. The third-order valence-electron chi connectivity index (χ3n) is 2.21. The Labute approximate surface area is 115 Å². The van der Waals surface area contributed by atoms with Gasteiger partial charge in [0.25, 0.3) is 0 Å². The highest BCUT2D eigenvalue weighted by atomic mass is 32.2. The van der Waals surface area contributed by atoms with Crippen molar-refractivity contribution in [1.82, 2.24) is 10.6 Å². The number of carboxylic acid groups (broad SMARTS) is 1. The fourth-order valence-electron chi connectivity index (χ4n) is 1.33. The molecule has 0 saturated carbocycles. The summed E-state index contributed by atoms with van der Waals surface area (Å²) in [4.78, 5) is 44.7. The first-order chi connectivity index (χ1) is 8.77. The number of hydrogen-bond donors (Lipinski definition) is 3. The third kappa shape index (κ3) is 7.45. The minimum Gasteiger partial charge on any atom is -0.481 e. The van der Waals surface area contributed by atoms with Crippen LogP contribution in [0.4, 0.5) is 0 Å². The predicted octanol–water partition coefficient (Wildman–Crippen LogP) is -0.597. The number of thioether (sulfide) groups is 1. The van der Waals surface area contributed by atoms with E-state index in [1.54, 1.807) is 6.26 Å². The van der Waals surface area contributed by atoms with Gasteiger partial charge in [-0.2, -0.15) is 11.8 Å². The van der Waals surface area contributed by atoms with E-state index in [4.69, 9.17) is 5.11 Å². The van der Waals surface area contributed by atoms with Crippen molar-refractivity contribution in [2.24, 2.45) is 0 Å².